The number of nitrogens with zero attached hydrogens (tertiary/aromatic N) is 2. The fourth-order valence-corrected chi connectivity index (χ4v) is 3.13. The quantitative estimate of drug-likeness (QED) is 0.826. The molecule has 1 N–H and O–H groups in total. The van der Waals surface area contributed by atoms with Crippen molar-refractivity contribution in [2.75, 3.05) is 32.8 Å². The minimum atomic E-state index is -0.261. The van der Waals surface area contributed by atoms with Crippen LogP contribution in [0.25, 0.3) is 0 Å². The van der Waals surface area contributed by atoms with Gasteiger partial charge in [0.1, 0.15) is 5.82 Å². The number of aryl methyl sites for hydroxylation is 1. The van der Waals surface area contributed by atoms with Gasteiger partial charge in [-0.15, -0.1) is 0 Å². The number of aromatic nitrogens is 1. The lowest BCUT2D eigenvalue weighted by molar-refractivity contribution is -0.121. The molecule has 1 aromatic carbocycles. The lowest BCUT2D eigenvalue weighted by Gasteiger charge is -2.34. The van der Waals surface area contributed by atoms with Crippen molar-refractivity contribution < 1.29 is 13.9 Å². The van der Waals surface area contributed by atoms with Gasteiger partial charge in [-0.25, -0.2) is 4.39 Å². The Labute approximate surface area is 153 Å². The highest BCUT2D eigenvalue weighted by molar-refractivity contribution is 5.76. The van der Waals surface area contributed by atoms with Crippen LogP contribution in [0.3, 0.4) is 0 Å². The highest BCUT2D eigenvalue weighted by Crippen LogP contribution is 2.20. The van der Waals surface area contributed by atoms with Gasteiger partial charge in [0.15, 0.2) is 0 Å². The van der Waals surface area contributed by atoms with Crippen molar-refractivity contribution in [1.82, 2.24) is 15.2 Å². The summed E-state index contributed by atoms with van der Waals surface area (Å²) in [5, 5.41) is 3.04. The van der Waals surface area contributed by atoms with Gasteiger partial charge in [-0.05, 0) is 35.7 Å². The molecule has 5 nitrogen and oxygen atoms in total. The standard InChI is InChI=1S/C20H24FN3O2/c21-18-6-3-16(4-7-18)5-8-20(25)23-15-19(17-2-1-9-22-14-17)24-10-12-26-13-11-24/h1-4,6-7,9,14,19H,5,8,10-13,15H2,(H,23,25). The molecule has 2 aromatic rings. The fourth-order valence-electron chi connectivity index (χ4n) is 3.13. The number of morpholine rings is 1. The third-order valence-corrected chi connectivity index (χ3v) is 4.60. The van der Waals surface area contributed by atoms with Crippen LogP contribution in [0.5, 0.6) is 0 Å². The van der Waals surface area contributed by atoms with Crippen LogP contribution in [0.2, 0.25) is 0 Å². The average molecular weight is 357 g/mol. The van der Waals surface area contributed by atoms with E-state index in [-0.39, 0.29) is 17.8 Å². The monoisotopic (exact) mass is 357 g/mol. The van der Waals surface area contributed by atoms with Crippen LogP contribution in [0.4, 0.5) is 4.39 Å². The van der Waals surface area contributed by atoms with Crippen molar-refractivity contribution in [3.8, 4) is 0 Å². The summed E-state index contributed by atoms with van der Waals surface area (Å²) in [5.74, 6) is -0.264. The van der Waals surface area contributed by atoms with Crippen molar-refractivity contribution in [2.45, 2.75) is 18.9 Å². The SMILES string of the molecule is O=C(CCc1ccc(F)cc1)NCC(c1cccnc1)N1CCOCC1. The zero-order valence-electron chi connectivity index (χ0n) is 14.7. The van der Waals surface area contributed by atoms with Gasteiger partial charge >= 0.3 is 0 Å². The van der Waals surface area contributed by atoms with E-state index in [1.54, 1.807) is 18.3 Å². The molecule has 2 heterocycles. The summed E-state index contributed by atoms with van der Waals surface area (Å²) < 4.78 is 18.4. The Morgan fingerprint density at radius 1 is 1.23 bits per heavy atom. The van der Waals surface area contributed by atoms with Gasteiger partial charge in [-0.1, -0.05) is 18.2 Å². The molecule has 1 atom stereocenters. The van der Waals surface area contributed by atoms with E-state index in [0.717, 1.165) is 24.2 Å². The van der Waals surface area contributed by atoms with Crippen LogP contribution >= 0.6 is 0 Å². The first kappa shape index (κ1) is 18.5. The molecule has 1 amide bonds. The number of nitrogens with one attached hydrogen (secondary N) is 1. The number of ether oxygens (including phenoxy) is 1. The maximum absolute atomic E-state index is 12.9. The fraction of sp³-hybridized carbons (Fsp3) is 0.400. The number of halogens is 1. The summed E-state index contributed by atoms with van der Waals surface area (Å²) in [4.78, 5) is 18.8. The molecule has 0 aliphatic carbocycles. The summed E-state index contributed by atoms with van der Waals surface area (Å²) in [6.45, 7) is 3.62. The highest BCUT2D eigenvalue weighted by atomic mass is 19.1. The molecular weight excluding hydrogens is 333 g/mol. The van der Waals surface area contributed by atoms with Crippen molar-refractivity contribution in [2.24, 2.45) is 0 Å². The third-order valence-electron chi connectivity index (χ3n) is 4.60. The van der Waals surface area contributed by atoms with Crippen molar-refractivity contribution in [3.63, 3.8) is 0 Å². The Bertz CT molecular complexity index is 688. The smallest absolute Gasteiger partial charge is 0.220 e. The van der Waals surface area contributed by atoms with E-state index in [1.807, 2.05) is 18.3 Å². The second-order valence-corrected chi connectivity index (χ2v) is 6.38. The lowest BCUT2D eigenvalue weighted by atomic mass is 10.1. The summed E-state index contributed by atoms with van der Waals surface area (Å²) in [6.07, 6.45) is 4.59. The second kappa shape index (κ2) is 9.40. The minimum Gasteiger partial charge on any atom is -0.379 e. The number of amides is 1. The summed E-state index contributed by atoms with van der Waals surface area (Å²) in [5.41, 5.74) is 2.05. The number of carbonyl (C=O) groups excluding carboxylic acids is 1. The number of benzene rings is 1. The highest BCUT2D eigenvalue weighted by Gasteiger charge is 2.23. The van der Waals surface area contributed by atoms with Crippen LogP contribution in [0.1, 0.15) is 23.6 Å². The largest absolute Gasteiger partial charge is 0.379 e. The Hall–Kier alpha value is -2.31. The molecule has 26 heavy (non-hydrogen) atoms. The summed E-state index contributed by atoms with van der Waals surface area (Å²) in [6, 6.07) is 10.3. The first-order valence-electron chi connectivity index (χ1n) is 8.95. The molecule has 1 fully saturated rings. The van der Waals surface area contributed by atoms with Gasteiger partial charge in [0.05, 0.1) is 19.3 Å². The van der Waals surface area contributed by atoms with E-state index < -0.39 is 0 Å². The molecule has 1 aromatic heterocycles. The molecular formula is C20H24FN3O2. The maximum atomic E-state index is 12.9. The topological polar surface area (TPSA) is 54.5 Å². The van der Waals surface area contributed by atoms with Gasteiger partial charge in [-0.2, -0.15) is 0 Å². The number of carbonyl (C=O) groups is 1. The van der Waals surface area contributed by atoms with E-state index in [0.29, 0.717) is 32.6 Å². The molecule has 1 saturated heterocycles. The number of pyridine rings is 1. The van der Waals surface area contributed by atoms with Gasteiger partial charge in [0.25, 0.3) is 0 Å². The molecule has 0 radical (unpaired) electrons. The maximum Gasteiger partial charge on any atom is 0.220 e. The molecule has 1 aliphatic heterocycles. The van der Waals surface area contributed by atoms with Crippen LogP contribution in [-0.4, -0.2) is 48.6 Å². The molecule has 0 saturated carbocycles. The third kappa shape index (κ3) is 5.34. The molecule has 3 rings (SSSR count). The molecule has 0 bridgehead atoms. The van der Waals surface area contributed by atoms with Crippen LogP contribution < -0.4 is 5.32 Å². The zero-order valence-corrected chi connectivity index (χ0v) is 14.7. The Balaban J connectivity index is 1.54. The number of hydrogen-bond acceptors (Lipinski definition) is 4. The minimum absolute atomic E-state index is 0.00326. The lowest BCUT2D eigenvalue weighted by Crippen LogP contribution is -2.43. The van der Waals surface area contributed by atoms with Crippen LogP contribution in [0, 0.1) is 5.82 Å². The number of rotatable bonds is 7. The van der Waals surface area contributed by atoms with E-state index in [1.165, 1.54) is 12.1 Å². The first-order chi connectivity index (χ1) is 12.7. The van der Waals surface area contributed by atoms with E-state index in [2.05, 4.69) is 15.2 Å². The van der Waals surface area contributed by atoms with Crippen molar-refractivity contribution >= 4 is 5.91 Å². The molecule has 1 aliphatic rings. The van der Waals surface area contributed by atoms with Crippen molar-refractivity contribution in [3.05, 3.63) is 65.7 Å². The van der Waals surface area contributed by atoms with Crippen LogP contribution in [0.15, 0.2) is 48.8 Å². The molecule has 138 valence electrons. The van der Waals surface area contributed by atoms with Gasteiger partial charge < -0.3 is 10.1 Å². The molecule has 6 heteroatoms. The Morgan fingerprint density at radius 3 is 2.69 bits per heavy atom. The summed E-state index contributed by atoms with van der Waals surface area (Å²) >= 11 is 0. The Morgan fingerprint density at radius 2 is 2.00 bits per heavy atom. The summed E-state index contributed by atoms with van der Waals surface area (Å²) in [7, 11) is 0. The zero-order chi connectivity index (χ0) is 18.2. The second-order valence-electron chi connectivity index (χ2n) is 6.38. The molecule has 0 spiro atoms. The van der Waals surface area contributed by atoms with Gasteiger partial charge in [0.2, 0.25) is 5.91 Å². The first-order valence-corrected chi connectivity index (χ1v) is 8.95. The van der Waals surface area contributed by atoms with E-state index >= 15 is 0 Å². The molecule has 1 unspecified atom stereocenters. The van der Waals surface area contributed by atoms with Gasteiger partial charge in [-0.3, -0.25) is 14.7 Å². The van der Waals surface area contributed by atoms with Crippen LogP contribution in [-0.2, 0) is 16.0 Å². The van der Waals surface area contributed by atoms with Gasteiger partial charge in [0, 0.05) is 38.4 Å². The van der Waals surface area contributed by atoms with E-state index in [4.69, 9.17) is 4.74 Å². The average Bonchev–Trinajstić information content (AvgIpc) is 2.69. The van der Waals surface area contributed by atoms with Crippen molar-refractivity contribution in [1.29, 1.82) is 0 Å². The number of hydrogen-bond donors (Lipinski definition) is 1. The normalized spacial score (nSPS) is 16.2. The Kier molecular flexibility index (Phi) is 6.68. The predicted octanol–water partition coefficient (Wildman–Crippen LogP) is 2.34. The van der Waals surface area contributed by atoms with E-state index in [9.17, 15) is 9.18 Å². The predicted molar refractivity (Wildman–Crippen MR) is 97.1 cm³/mol.